The lowest BCUT2D eigenvalue weighted by molar-refractivity contribution is -0.130. The molecule has 174 valence electrons. The van der Waals surface area contributed by atoms with Crippen molar-refractivity contribution in [3.63, 3.8) is 0 Å². The number of rotatable bonds is 5. The Bertz CT molecular complexity index is 1260. The zero-order valence-corrected chi connectivity index (χ0v) is 18.6. The molecule has 0 saturated heterocycles. The molecule has 0 aliphatic carbocycles. The van der Waals surface area contributed by atoms with Crippen molar-refractivity contribution in [1.82, 2.24) is 10.6 Å². The Hall–Kier alpha value is -4.07. The van der Waals surface area contributed by atoms with Gasteiger partial charge in [0.2, 0.25) is 11.8 Å². The van der Waals surface area contributed by atoms with E-state index in [2.05, 4.69) is 10.6 Å². The van der Waals surface area contributed by atoms with Gasteiger partial charge >= 0.3 is 0 Å². The molecule has 0 spiro atoms. The van der Waals surface area contributed by atoms with E-state index in [1.807, 2.05) is 36.4 Å². The number of carbonyl (C=O) groups excluding carboxylic acids is 3. The summed E-state index contributed by atoms with van der Waals surface area (Å²) in [6.45, 7) is 1.48. The number of likely N-dealkylation sites (N-methyl/N-ethyl adjacent to an activating group) is 1. The van der Waals surface area contributed by atoms with Crippen LogP contribution in [0.15, 0.2) is 66.7 Å². The molecule has 0 saturated carbocycles. The molecule has 0 aromatic heterocycles. The summed E-state index contributed by atoms with van der Waals surface area (Å²) >= 11 is 0. The number of nitrogens with one attached hydrogen (secondary N) is 2. The van der Waals surface area contributed by atoms with Crippen molar-refractivity contribution in [2.75, 3.05) is 11.9 Å². The number of para-hydroxylation sites is 1. The molecule has 8 heteroatoms. The summed E-state index contributed by atoms with van der Waals surface area (Å²) in [6.07, 6.45) is -0.296. The van der Waals surface area contributed by atoms with Crippen LogP contribution in [-0.2, 0) is 20.8 Å². The third-order valence-electron chi connectivity index (χ3n) is 5.75. The van der Waals surface area contributed by atoms with Crippen LogP contribution in [0, 0.1) is 11.6 Å². The molecule has 34 heavy (non-hydrogen) atoms. The molecule has 3 aromatic rings. The van der Waals surface area contributed by atoms with Crippen molar-refractivity contribution in [3.8, 4) is 11.1 Å². The predicted octanol–water partition coefficient (Wildman–Crippen LogP) is 3.51. The fourth-order valence-corrected chi connectivity index (χ4v) is 4.10. The highest BCUT2D eigenvalue weighted by atomic mass is 19.1. The molecule has 2 N–H and O–H groups in total. The first-order valence-electron chi connectivity index (χ1n) is 10.7. The van der Waals surface area contributed by atoms with Gasteiger partial charge in [-0.25, -0.2) is 8.78 Å². The van der Waals surface area contributed by atoms with Gasteiger partial charge in [-0.05, 0) is 41.8 Å². The average molecular weight is 463 g/mol. The summed E-state index contributed by atoms with van der Waals surface area (Å²) in [4.78, 5) is 40.1. The number of hydrogen-bond donors (Lipinski definition) is 2. The number of halogens is 2. The second-order valence-corrected chi connectivity index (χ2v) is 8.19. The summed E-state index contributed by atoms with van der Waals surface area (Å²) in [5.74, 6) is -3.04. The molecular weight excluding hydrogens is 440 g/mol. The maximum Gasteiger partial charge on any atom is 0.253 e. The molecule has 1 heterocycles. The molecule has 0 unspecified atom stereocenters. The third-order valence-corrected chi connectivity index (χ3v) is 5.75. The minimum Gasteiger partial charge on any atom is -0.344 e. The van der Waals surface area contributed by atoms with Crippen molar-refractivity contribution in [2.24, 2.45) is 0 Å². The zero-order valence-electron chi connectivity index (χ0n) is 18.6. The van der Waals surface area contributed by atoms with E-state index >= 15 is 0 Å². The van der Waals surface area contributed by atoms with Gasteiger partial charge < -0.3 is 15.5 Å². The molecular formula is C26H23F2N3O3. The number of carbonyl (C=O) groups is 3. The van der Waals surface area contributed by atoms with Crippen molar-refractivity contribution < 1.29 is 23.2 Å². The Balaban J connectivity index is 1.52. The van der Waals surface area contributed by atoms with E-state index in [4.69, 9.17) is 0 Å². The monoisotopic (exact) mass is 463 g/mol. The van der Waals surface area contributed by atoms with Gasteiger partial charge in [0.15, 0.2) is 0 Å². The number of nitrogens with zero attached hydrogens (tertiary/aromatic N) is 1. The van der Waals surface area contributed by atoms with Gasteiger partial charge in [-0.1, -0.05) is 42.5 Å². The van der Waals surface area contributed by atoms with Crippen molar-refractivity contribution >= 4 is 23.4 Å². The Morgan fingerprint density at radius 3 is 2.29 bits per heavy atom. The molecule has 0 bridgehead atoms. The van der Waals surface area contributed by atoms with Gasteiger partial charge in [-0.15, -0.1) is 0 Å². The van der Waals surface area contributed by atoms with Crippen molar-refractivity contribution in [2.45, 2.75) is 25.4 Å². The lowest BCUT2D eigenvalue weighted by atomic mass is 9.95. The van der Waals surface area contributed by atoms with Crippen LogP contribution in [0.3, 0.4) is 0 Å². The van der Waals surface area contributed by atoms with Crippen LogP contribution in [0.5, 0.6) is 0 Å². The maximum atomic E-state index is 13.4. The second kappa shape index (κ2) is 9.43. The quantitative estimate of drug-likeness (QED) is 0.608. The van der Waals surface area contributed by atoms with Crippen LogP contribution in [0.25, 0.3) is 11.1 Å². The lowest BCUT2D eigenvalue weighted by Crippen LogP contribution is -2.49. The minimum absolute atomic E-state index is 0.148. The van der Waals surface area contributed by atoms with Crippen LogP contribution in [0.4, 0.5) is 14.5 Å². The van der Waals surface area contributed by atoms with Crippen LogP contribution in [0.2, 0.25) is 0 Å². The van der Waals surface area contributed by atoms with E-state index in [1.165, 1.54) is 11.8 Å². The van der Waals surface area contributed by atoms with Gasteiger partial charge in [0.25, 0.3) is 5.91 Å². The van der Waals surface area contributed by atoms with E-state index < -0.39 is 35.5 Å². The molecule has 1 aliphatic heterocycles. The van der Waals surface area contributed by atoms with E-state index in [1.54, 1.807) is 19.2 Å². The van der Waals surface area contributed by atoms with E-state index in [-0.39, 0.29) is 17.9 Å². The highest BCUT2D eigenvalue weighted by Gasteiger charge is 2.34. The number of fused-ring (bicyclic) bond motifs is 3. The van der Waals surface area contributed by atoms with Crippen LogP contribution in [0.1, 0.15) is 24.1 Å². The second-order valence-electron chi connectivity index (χ2n) is 8.19. The molecule has 1 aliphatic rings. The number of benzene rings is 3. The number of hydrogen-bond acceptors (Lipinski definition) is 3. The van der Waals surface area contributed by atoms with E-state index in [0.29, 0.717) is 11.6 Å². The molecule has 3 amide bonds. The Morgan fingerprint density at radius 2 is 1.59 bits per heavy atom. The summed E-state index contributed by atoms with van der Waals surface area (Å²) < 4.78 is 26.8. The summed E-state index contributed by atoms with van der Waals surface area (Å²) in [5.41, 5.74) is 3.21. The lowest BCUT2D eigenvalue weighted by Gasteiger charge is -2.24. The minimum atomic E-state index is -0.984. The van der Waals surface area contributed by atoms with Gasteiger partial charge in [0.05, 0.1) is 12.1 Å². The molecule has 0 fully saturated rings. The number of anilines is 1. The van der Waals surface area contributed by atoms with Gasteiger partial charge in [-0.3, -0.25) is 14.4 Å². The van der Waals surface area contributed by atoms with Crippen molar-refractivity contribution in [3.05, 3.63) is 89.5 Å². The summed E-state index contributed by atoms with van der Waals surface area (Å²) in [5, 5.41) is 5.27. The van der Waals surface area contributed by atoms with E-state index in [0.717, 1.165) is 28.9 Å². The predicted molar refractivity (Wildman–Crippen MR) is 124 cm³/mol. The van der Waals surface area contributed by atoms with Gasteiger partial charge in [0, 0.05) is 18.7 Å². The molecule has 0 radical (unpaired) electrons. The van der Waals surface area contributed by atoms with E-state index in [9.17, 15) is 23.2 Å². The average Bonchev–Trinajstić information content (AvgIpc) is 2.88. The fraction of sp³-hybridized carbons (Fsp3) is 0.192. The normalized spacial score (nSPS) is 15.6. The zero-order chi connectivity index (χ0) is 24.4. The standard InChI is InChI=1S/C26H23F2N3O3/c1-15(29-23(32)13-16-11-17(27)14-18(28)12-16)25(33)30-24-21-9-4-3-7-19(21)20-8-5-6-10-22(20)31(2)26(24)34/h3-12,14-15,24H,13H2,1-2H3,(H,29,32)(H,30,33)/t15-,24+/m0/s1. The first-order chi connectivity index (χ1) is 16.2. The molecule has 4 rings (SSSR count). The summed E-state index contributed by atoms with van der Waals surface area (Å²) in [6, 6.07) is 15.7. The van der Waals surface area contributed by atoms with Crippen molar-refractivity contribution in [1.29, 1.82) is 0 Å². The Morgan fingerprint density at radius 1 is 0.971 bits per heavy atom. The largest absolute Gasteiger partial charge is 0.344 e. The van der Waals surface area contributed by atoms with Crippen LogP contribution < -0.4 is 15.5 Å². The topological polar surface area (TPSA) is 78.5 Å². The van der Waals surface area contributed by atoms with Crippen LogP contribution >= 0.6 is 0 Å². The number of amides is 3. The Labute approximate surface area is 195 Å². The highest BCUT2D eigenvalue weighted by Crippen LogP contribution is 2.39. The smallest absolute Gasteiger partial charge is 0.253 e. The first kappa shape index (κ1) is 23.1. The maximum absolute atomic E-state index is 13.4. The fourth-order valence-electron chi connectivity index (χ4n) is 4.10. The first-order valence-corrected chi connectivity index (χ1v) is 10.7. The molecule has 3 aromatic carbocycles. The molecule has 6 nitrogen and oxygen atoms in total. The summed E-state index contributed by atoms with van der Waals surface area (Å²) in [7, 11) is 1.65. The molecule has 2 atom stereocenters. The third kappa shape index (κ3) is 4.66. The van der Waals surface area contributed by atoms with Crippen LogP contribution in [-0.4, -0.2) is 30.8 Å². The van der Waals surface area contributed by atoms with Gasteiger partial charge in [-0.2, -0.15) is 0 Å². The highest BCUT2D eigenvalue weighted by molar-refractivity contribution is 6.06. The Kier molecular flexibility index (Phi) is 6.40. The van der Waals surface area contributed by atoms with Gasteiger partial charge in [0.1, 0.15) is 23.7 Å². The SMILES string of the molecule is C[C@H](NC(=O)Cc1cc(F)cc(F)c1)C(=O)N[C@H]1C(=O)N(C)c2ccccc2-c2ccccc21.